The molecular formula is C38H24N2O2. The van der Waals surface area contributed by atoms with Crippen molar-refractivity contribution in [2.75, 3.05) is 0 Å². The van der Waals surface area contributed by atoms with Gasteiger partial charge in [-0.25, -0.2) is 4.98 Å². The number of furan rings is 2. The topological polar surface area (TPSA) is 44.1 Å². The number of para-hydroxylation sites is 3. The summed E-state index contributed by atoms with van der Waals surface area (Å²) >= 11 is 0. The standard InChI is InChI=1S/C38H24N2O2/c1-23-39-33-7-3-4-8-34(33)40(23)28-17-14-25(15-18-28)24-10-12-26(13-11-24)27-16-21-36-32(22-27)31-20-19-30-29-6-2-5-9-35(29)41-37(30)38(31)42-36/h2-22H,1H3. The number of hydrogen-bond acceptors (Lipinski definition) is 3. The molecular weight excluding hydrogens is 516 g/mol. The molecule has 9 aromatic rings. The maximum atomic E-state index is 6.33. The number of fused-ring (bicyclic) bond motifs is 8. The molecule has 6 aromatic carbocycles. The highest BCUT2D eigenvalue weighted by molar-refractivity contribution is 6.19. The second kappa shape index (κ2) is 8.69. The van der Waals surface area contributed by atoms with E-state index in [-0.39, 0.29) is 0 Å². The Hall–Kier alpha value is -5.61. The number of hydrogen-bond donors (Lipinski definition) is 0. The molecule has 0 spiro atoms. The molecule has 0 amide bonds. The van der Waals surface area contributed by atoms with E-state index >= 15 is 0 Å². The molecule has 0 bridgehead atoms. The van der Waals surface area contributed by atoms with Gasteiger partial charge in [-0.3, -0.25) is 4.57 Å². The molecule has 0 saturated heterocycles. The molecule has 0 aliphatic carbocycles. The van der Waals surface area contributed by atoms with Crippen molar-refractivity contribution < 1.29 is 8.83 Å². The van der Waals surface area contributed by atoms with Gasteiger partial charge < -0.3 is 8.83 Å². The molecule has 3 heterocycles. The first-order chi connectivity index (χ1) is 20.7. The largest absolute Gasteiger partial charge is 0.452 e. The first kappa shape index (κ1) is 23.1. The van der Waals surface area contributed by atoms with Crippen LogP contribution in [0.5, 0.6) is 0 Å². The van der Waals surface area contributed by atoms with Crippen LogP contribution in [0.3, 0.4) is 0 Å². The van der Waals surface area contributed by atoms with Crippen LogP contribution in [0.25, 0.3) is 82.9 Å². The zero-order chi connectivity index (χ0) is 27.8. The highest BCUT2D eigenvalue weighted by Gasteiger charge is 2.16. The maximum Gasteiger partial charge on any atom is 0.178 e. The van der Waals surface area contributed by atoms with Crippen LogP contribution in [0.15, 0.2) is 136 Å². The summed E-state index contributed by atoms with van der Waals surface area (Å²) in [4.78, 5) is 4.72. The fourth-order valence-electron chi connectivity index (χ4n) is 6.33. The summed E-state index contributed by atoms with van der Waals surface area (Å²) in [5.41, 5.74) is 11.3. The summed E-state index contributed by atoms with van der Waals surface area (Å²) in [7, 11) is 0. The summed E-state index contributed by atoms with van der Waals surface area (Å²) in [6.45, 7) is 2.05. The summed E-state index contributed by atoms with van der Waals surface area (Å²) in [5.74, 6) is 0.984. The van der Waals surface area contributed by atoms with Crippen molar-refractivity contribution in [1.29, 1.82) is 0 Å². The van der Waals surface area contributed by atoms with Gasteiger partial charge in [0.05, 0.1) is 11.0 Å². The third-order valence-electron chi connectivity index (χ3n) is 8.39. The maximum absolute atomic E-state index is 6.33. The van der Waals surface area contributed by atoms with Crippen molar-refractivity contribution >= 4 is 54.9 Å². The number of rotatable bonds is 3. The van der Waals surface area contributed by atoms with Crippen LogP contribution in [0.1, 0.15) is 5.82 Å². The smallest absolute Gasteiger partial charge is 0.178 e. The molecule has 0 aliphatic rings. The lowest BCUT2D eigenvalue weighted by Crippen LogP contribution is -1.96. The van der Waals surface area contributed by atoms with Gasteiger partial charge in [-0.15, -0.1) is 0 Å². The Kier molecular flexibility index (Phi) is 4.79. The van der Waals surface area contributed by atoms with Gasteiger partial charge in [0, 0.05) is 27.2 Å². The minimum Gasteiger partial charge on any atom is -0.452 e. The van der Waals surface area contributed by atoms with Crippen LogP contribution < -0.4 is 0 Å². The van der Waals surface area contributed by atoms with Crippen molar-refractivity contribution in [3.05, 3.63) is 133 Å². The molecule has 0 unspecified atom stereocenters. The third-order valence-corrected chi connectivity index (χ3v) is 8.39. The lowest BCUT2D eigenvalue weighted by molar-refractivity contribution is 0.633. The molecule has 42 heavy (non-hydrogen) atoms. The van der Waals surface area contributed by atoms with Crippen LogP contribution >= 0.6 is 0 Å². The second-order valence-electron chi connectivity index (χ2n) is 10.8. The fourth-order valence-corrected chi connectivity index (χ4v) is 6.33. The average Bonchev–Trinajstić information content (AvgIpc) is 3.71. The lowest BCUT2D eigenvalue weighted by Gasteiger charge is -2.09. The molecule has 0 aliphatic heterocycles. The molecule has 0 radical (unpaired) electrons. The molecule has 3 aromatic heterocycles. The van der Waals surface area contributed by atoms with Crippen LogP contribution in [0.2, 0.25) is 0 Å². The SMILES string of the molecule is Cc1nc2ccccc2n1-c1ccc(-c2ccc(-c3ccc4oc5c(ccc6c7ccccc7oc65)c4c3)cc2)cc1. The van der Waals surface area contributed by atoms with E-state index in [9.17, 15) is 0 Å². The van der Waals surface area contributed by atoms with Crippen LogP contribution in [-0.2, 0) is 0 Å². The molecule has 0 atom stereocenters. The van der Waals surface area contributed by atoms with E-state index in [1.165, 1.54) is 11.1 Å². The number of aryl methyl sites for hydroxylation is 1. The normalized spacial score (nSPS) is 11.9. The van der Waals surface area contributed by atoms with Crippen molar-refractivity contribution in [1.82, 2.24) is 9.55 Å². The molecule has 4 nitrogen and oxygen atoms in total. The first-order valence-electron chi connectivity index (χ1n) is 14.1. The van der Waals surface area contributed by atoms with Crippen molar-refractivity contribution in [2.45, 2.75) is 6.92 Å². The van der Waals surface area contributed by atoms with Crippen LogP contribution in [-0.4, -0.2) is 9.55 Å². The summed E-state index contributed by atoms with van der Waals surface area (Å²) in [5, 5.41) is 4.34. The summed E-state index contributed by atoms with van der Waals surface area (Å²) in [6.07, 6.45) is 0. The van der Waals surface area contributed by atoms with Gasteiger partial charge in [-0.1, -0.05) is 72.8 Å². The van der Waals surface area contributed by atoms with Gasteiger partial charge >= 0.3 is 0 Å². The minimum atomic E-state index is 0.800. The van der Waals surface area contributed by atoms with E-state index in [1.54, 1.807) is 0 Å². The Morgan fingerprint density at radius 2 is 1.07 bits per heavy atom. The van der Waals surface area contributed by atoms with Crippen molar-refractivity contribution in [2.24, 2.45) is 0 Å². The van der Waals surface area contributed by atoms with E-state index in [0.29, 0.717) is 0 Å². The molecule has 9 rings (SSSR count). The van der Waals surface area contributed by atoms with Gasteiger partial charge in [0.1, 0.15) is 17.0 Å². The van der Waals surface area contributed by atoms with E-state index in [2.05, 4.69) is 115 Å². The molecule has 198 valence electrons. The minimum absolute atomic E-state index is 0.800. The Bertz CT molecular complexity index is 2460. The van der Waals surface area contributed by atoms with Crippen LogP contribution in [0.4, 0.5) is 0 Å². The number of aromatic nitrogens is 2. The second-order valence-corrected chi connectivity index (χ2v) is 10.8. The first-order valence-corrected chi connectivity index (χ1v) is 14.1. The quantitative estimate of drug-likeness (QED) is 0.224. The Morgan fingerprint density at radius 1 is 0.500 bits per heavy atom. The summed E-state index contributed by atoms with van der Waals surface area (Å²) < 4.78 is 14.8. The Balaban J connectivity index is 1.06. The molecule has 4 heteroatoms. The van der Waals surface area contributed by atoms with E-state index in [4.69, 9.17) is 13.8 Å². The van der Waals surface area contributed by atoms with Gasteiger partial charge in [-0.2, -0.15) is 0 Å². The van der Waals surface area contributed by atoms with Gasteiger partial charge in [0.2, 0.25) is 0 Å². The average molecular weight is 541 g/mol. The zero-order valence-corrected chi connectivity index (χ0v) is 22.8. The van der Waals surface area contributed by atoms with Crippen molar-refractivity contribution in [3.8, 4) is 27.9 Å². The van der Waals surface area contributed by atoms with E-state index in [0.717, 1.165) is 77.5 Å². The van der Waals surface area contributed by atoms with Gasteiger partial charge in [0.15, 0.2) is 11.2 Å². The highest BCUT2D eigenvalue weighted by atomic mass is 16.4. The number of benzene rings is 6. The van der Waals surface area contributed by atoms with Gasteiger partial charge in [0.25, 0.3) is 0 Å². The fraction of sp³-hybridized carbons (Fsp3) is 0.0263. The lowest BCUT2D eigenvalue weighted by atomic mass is 9.99. The molecule has 0 N–H and O–H groups in total. The van der Waals surface area contributed by atoms with Crippen molar-refractivity contribution in [3.63, 3.8) is 0 Å². The molecule has 0 fully saturated rings. The van der Waals surface area contributed by atoms with Gasteiger partial charge in [-0.05, 0) is 83.8 Å². The monoisotopic (exact) mass is 540 g/mol. The summed E-state index contributed by atoms with van der Waals surface area (Å²) in [6, 6.07) is 44.6. The number of imidazole rings is 1. The molecule has 0 saturated carbocycles. The van der Waals surface area contributed by atoms with Crippen LogP contribution in [0, 0.1) is 6.92 Å². The Morgan fingerprint density at radius 3 is 1.83 bits per heavy atom. The predicted molar refractivity (Wildman–Crippen MR) is 171 cm³/mol. The highest BCUT2D eigenvalue weighted by Crippen LogP contribution is 2.39. The zero-order valence-electron chi connectivity index (χ0n) is 22.8. The van der Waals surface area contributed by atoms with E-state index in [1.807, 2.05) is 24.3 Å². The number of nitrogens with zero attached hydrogens (tertiary/aromatic N) is 2. The van der Waals surface area contributed by atoms with E-state index < -0.39 is 0 Å². The Labute approximate surface area is 241 Å². The predicted octanol–water partition coefficient (Wildman–Crippen LogP) is 10.5. The third kappa shape index (κ3) is 3.39.